The summed E-state index contributed by atoms with van der Waals surface area (Å²) in [5, 5.41) is 9.85. The van der Waals surface area contributed by atoms with E-state index in [1.807, 2.05) is 6.92 Å². The van der Waals surface area contributed by atoms with E-state index in [0.717, 1.165) is 11.0 Å². The van der Waals surface area contributed by atoms with E-state index < -0.39 is 29.5 Å². The minimum Gasteiger partial charge on any atom is -0.492 e. The molecule has 0 bridgehead atoms. The van der Waals surface area contributed by atoms with E-state index in [2.05, 4.69) is 0 Å². The lowest BCUT2D eigenvalue weighted by atomic mass is 9.89. The maximum absolute atomic E-state index is 15.0. The van der Waals surface area contributed by atoms with Crippen molar-refractivity contribution < 1.29 is 28.6 Å². The van der Waals surface area contributed by atoms with Crippen LogP contribution < -0.4 is 20.3 Å². The maximum atomic E-state index is 15.0. The Balaban J connectivity index is 1.94. The van der Waals surface area contributed by atoms with Crippen molar-refractivity contribution in [3.63, 3.8) is 0 Å². The number of ether oxygens (including phenoxy) is 1. The van der Waals surface area contributed by atoms with Crippen molar-refractivity contribution in [1.82, 2.24) is 0 Å². The van der Waals surface area contributed by atoms with Crippen molar-refractivity contribution >= 4 is 29.0 Å². The molecule has 8 nitrogen and oxygen atoms in total. The Morgan fingerprint density at radius 2 is 1.96 bits per heavy atom. The maximum Gasteiger partial charge on any atom is 0.412 e. The van der Waals surface area contributed by atoms with Gasteiger partial charge in [0.05, 0.1) is 12.7 Å². The Morgan fingerprint density at radius 1 is 1.29 bits per heavy atom. The van der Waals surface area contributed by atoms with Crippen LogP contribution in [0.15, 0.2) is 6.07 Å². The molecule has 150 valence electrons. The molecule has 4 rings (SSSR count). The van der Waals surface area contributed by atoms with E-state index >= 15 is 4.39 Å². The van der Waals surface area contributed by atoms with Crippen LogP contribution in [0.4, 0.5) is 20.6 Å². The second-order valence-electron chi connectivity index (χ2n) is 7.81. The van der Waals surface area contributed by atoms with Crippen molar-refractivity contribution in [2.75, 3.05) is 30.0 Å². The number of halogens is 1. The van der Waals surface area contributed by atoms with Gasteiger partial charge in [0, 0.05) is 19.1 Å². The van der Waals surface area contributed by atoms with Crippen molar-refractivity contribution in [3.8, 4) is 5.75 Å². The molecule has 2 aliphatic heterocycles. The molecule has 2 fully saturated rings. The number of carbonyl (C=O) groups is 3. The lowest BCUT2D eigenvalue weighted by molar-refractivity contribution is -0.116. The third-order valence-electron chi connectivity index (χ3n) is 5.90. The molecule has 0 aromatic heterocycles. The SMILES string of the molecule is COc1c(N2C[C@@H](C)[C@@H](N)C2)c(F)cc2c1N(C(=O)O)C(C1CC1)C(=O)C2=O. The second-order valence-corrected chi connectivity index (χ2v) is 7.81. The average Bonchev–Trinajstić information content (AvgIpc) is 3.42. The number of rotatable bonds is 3. The van der Waals surface area contributed by atoms with Crippen LogP contribution in [0.25, 0.3) is 0 Å². The number of Topliss-reactive ketones (excluding diaryl/α,β-unsaturated/α-hetero) is 2. The van der Waals surface area contributed by atoms with E-state index in [4.69, 9.17) is 10.5 Å². The zero-order chi connectivity index (χ0) is 20.3. The summed E-state index contributed by atoms with van der Waals surface area (Å²) in [6, 6.07) is -0.316. The smallest absolute Gasteiger partial charge is 0.412 e. The number of ketones is 2. The fourth-order valence-corrected chi connectivity index (χ4v) is 4.26. The summed E-state index contributed by atoms with van der Waals surface area (Å²) in [6.07, 6.45) is -0.0451. The predicted octanol–water partition coefficient (Wildman–Crippen LogP) is 1.65. The number of carboxylic acid groups (broad SMARTS) is 1. The number of amides is 1. The topological polar surface area (TPSA) is 113 Å². The van der Waals surface area contributed by atoms with Crippen LogP contribution in [0.5, 0.6) is 5.75 Å². The number of nitrogens with two attached hydrogens (primary N) is 1. The van der Waals surface area contributed by atoms with Gasteiger partial charge < -0.3 is 20.5 Å². The first-order valence-corrected chi connectivity index (χ1v) is 9.28. The van der Waals surface area contributed by atoms with E-state index in [0.29, 0.717) is 25.9 Å². The molecule has 0 radical (unpaired) electrons. The van der Waals surface area contributed by atoms with Crippen LogP contribution >= 0.6 is 0 Å². The number of nitrogens with zero attached hydrogens (tertiary/aromatic N) is 2. The molecule has 3 aliphatic rings. The van der Waals surface area contributed by atoms with E-state index in [-0.39, 0.29) is 40.6 Å². The lowest BCUT2D eigenvalue weighted by Crippen LogP contribution is -2.53. The van der Waals surface area contributed by atoms with Gasteiger partial charge in [0.25, 0.3) is 0 Å². The first-order chi connectivity index (χ1) is 13.3. The Kier molecular flexibility index (Phi) is 4.29. The summed E-state index contributed by atoms with van der Waals surface area (Å²) >= 11 is 0. The van der Waals surface area contributed by atoms with Crippen molar-refractivity contribution in [1.29, 1.82) is 0 Å². The number of carbonyl (C=O) groups excluding carboxylic acids is 2. The highest BCUT2D eigenvalue weighted by molar-refractivity contribution is 6.49. The van der Waals surface area contributed by atoms with Crippen molar-refractivity contribution in [2.24, 2.45) is 17.6 Å². The molecule has 1 saturated heterocycles. The lowest BCUT2D eigenvalue weighted by Gasteiger charge is -2.36. The quantitative estimate of drug-likeness (QED) is 0.753. The number of hydrogen-bond acceptors (Lipinski definition) is 6. The summed E-state index contributed by atoms with van der Waals surface area (Å²) in [4.78, 5) is 39.9. The minimum atomic E-state index is -1.37. The predicted molar refractivity (Wildman–Crippen MR) is 98.7 cm³/mol. The highest BCUT2D eigenvalue weighted by Gasteiger charge is 2.51. The molecule has 1 unspecified atom stereocenters. The van der Waals surface area contributed by atoms with E-state index in [1.54, 1.807) is 4.90 Å². The van der Waals surface area contributed by atoms with Gasteiger partial charge in [-0.1, -0.05) is 6.92 Å². The van der Waals surface area contributed by atoms with Gasteiger partial charge in [0.2, 0.25) is 11.6 Å². The molecule has 28 heavy (non-hydrogen) atoms. The summed E-state index contributed by atoms with van der Waals surface area (Å²) in [6.45, 7) is 2.79. The molecule has 1 aromatic carbocycles. The number of benzene rings is 1. The second kappa shape index (κ2) is 6.44. The Hall–Kier alpha value is -2.68. The first kappa shape index (κ1) is 18.7. The molecule has 9 heteroatoms. The summed E-state index contributed by atoms with van der Waals surface area (Å²) in [5.74, 6) is -2.58. The molecular formula is C19H22FN3O5. The van der Waals surface area contributed by atoms with Crippen LogP contribution in [0.3, 0.4) is 0 Å². The van der Waals surface area contributed by atoms with Crippen LogP contribution in [0.2, 0.25) is 0 Å². The van der Waals surface area contributed by atoms with Crippen LogP contribution in [-0.4, -0.2) is 55.0 Å². The standard InChI is InChI=1S/C19H22FN3O5/c1-8-6-22(7-12(8)21)15-11(20)5-10-14(18(15)28-2)23(19(26)27)13(9-3-4-9)17(25)16(10)24/h5,8-9,12-13H,3-4,6-7,21H2,1-2H3,(H,26,27)/t8-,12+,13?/m1/s1. The molecule has 3 N–H and O–H groups in total. The zero-order valence-electron chi connectivity index (χ0n) is 15.6. The number of methoxy groups -OCH3 is 1. The normalized spacial score (nSPS) is 27.2. The zero-order valence-corrected chi connectivity index (χ0v) is 15.6. The van der Waals surface area contributed by atoms with Gasteiger partial charge in [0.15, 0.2) is 11.6 Å². The molecule has 1 aliphatic carbocycles. The molecule has 2 heterocycles. The van der Waals surface area contributed by atoms with Gasteiger partial charge in [-0.05, 0) is 30.7 Å². The van der Waals surface area contributed by atoms with Gasteiger partial charge in [-0.2, -0.15) is 0 Å². The number of hydrogen-bond donors (Lipinski definition) is 2. The van der Waals surface area contributed by atoms with Crippen molar-refractivity contribution in [3.05, 3.63) is 17.4 Å². The van der Waals surface area contributed by atoms with E-state index in [1.165, 1.54) is 7.11 Å². The average molecular weight is 391 g/mol. The molecule has 1 saturated carbocycles. The minimum absolute atomic E-state index is 0.0507. The highest BCUT2D eigenvalue weighted by atomic mass is 19.1. The third kappa shape index (κ3) is 2.64. The van der Waals surface area contributed by atoms with Gasteiger partial charge in [-0.15, -0.1) is 0 Å². The monoisotopic (exact) mass is 391 g/mol. The largest absolute Gasteiger partial charge is 0.492 e. The van der Waals surface area contributed by atoms with Gasteiger partial charge in [-0.3, -0.25) is 14.5 Å². The molecular weight excluding hydrogens is 369 g/mol. The summed E-state index contributed by atoms with van der Waals surface area (Å²) < 4.78 is 20.5. The van der Waals surface area contributed by atoms with E-state index in [9.17, 15) is 19.5 Å². The molecule has 0 spiro atoms. The highest BCUT2D eigenvalue weighted by Crippen LogP contribution is 2.49. The first-order valence-electron chi connectivity index (χ1n) is 9.28. The Labute approximate surface area is 161 Å². The fourth-order valence-electron chi connectivity index (χ4n) is 4.26. The summed E-state index contributed by atoms with van der Waals surface area (Å²) in [7, 11) is 1.30. The van der Waals surface area contributed by atoms with Gasteiger partial charge >= 0.3 is 6.09 Å². The van der Waals surface area contributed by atoms with Gasteiger partial charge in [-0.25, -0.2) is 9.18 Å². The molecule has 3 atom stereocenters. The molecule has 1 aromatic rings. The number of fused-ring (bicyclic) bond motifs is 1. The third-order valence-corrected chi connectivity index (χ3v) is 5.90. The fraction of sp³-hybridized carbons (Fsp3) is 0.526. The Bertz CT molecular complexity index is 875. The van der Waals surface area contributed by atoms with Crippen LogP contribution in [-0.2, 0) is 4.79 Å². The summed E-state index contributed by atoms with van der Waals surface area (Å²) in [5.41, 5.74) is 5.80. The van der Waals surface area contributed by atoms with Crippen LogP contribution in [0, 0.1) is 17.7 Å². The molecule has 1 amide bonds. The van der Waals surface area contributed by atoms with Crippen LogP contribution in [0.1, 0.15) is 30.1 Å². The van der Waals surface area contributed by atoms with Crippen molar-refractivity contribution in [2.45, 2.75) is 31.8 Å². The number of anilines is 2. The van der Waals surface area contributed by atoms with Gasteiger partial charge in [0.1, 0.15) is 17.4 Å². The Morgan fingerprint density at radius 3 is 2.46 bits per heavy atom.